The fourth-order valence-electron chi connectivity index (χ4n) is 5.05. The number of piperidine rings is 1. The molecule has 3 aromatic heterocycles. The lowest BCUT2D eigenvalue weighted by molar-refractivity contribution is 0.408. The number of fused-ring (bicyclic) bond motifs is 2. The second-order valence-electron chi connectivity index (χ2n) is 10.3. The molecule has 2 aliphatic rings. The van der Waals surface area contributed by atoms with Gasteiger partial charge in [-0.25, -0.2) is 15.0 Å². The Kier molecular flexibility index (Phi) is 4.97. The van der Waals surface area contributed by atoms with Crippen molar-refractivity contribution in [2.75, 3.05) is 18.0 Å². The van der Waals surface area contributed by atoms with E-state index in [1.54, 1.807) is 0 Å². The molecule has 0 radical (unpaired) electrons. The molecule has 0 spiro atoms. The highest BCUT2D eigenvalue weighted by Crippen LogP contribution is 2.34. The minimum Gasteiger partial charge on any atom is -0.357 e. The molecule has 0 saturated carbocycles. The fourth-order valence-corrected chi connectivity index (χ4v) is 5.05. The van der Waals surface area contributed by atoms with E-state index < -0.39 is 0 Å². The molecule has 4 heterocycles. The summed E-state index contributed by atoms with van der Waals surface area (Å²) in [4.78, 5) is 21.5. The highest BCUT2D eigenvalue weighted by molar-refractivity contribution is 5.88. The van der Waals surface area contributed by atoms with E-state index in [1.165, 1.54) is 19.3 Å². The molecule has 0 unspecified atom stereocenters. The van der Waals surface area contributed by atoms with Gasteiger partial charge in [0.25, 0.3) is 0 Å². The fraction of sp³-hybridized carbons (Fsp3) is 0.357. The minimum absolute atomic E-state index is 0.0320. The third-order valence-corrected chi connectivity index (χ3v) is 6.91. The molecule has 6 rings (SSSR count). The van der Waals surface area contributed by atoms with Crippen LogP contribution in [0.2, 0.25) is 0 Å². The number of pyridine rings is 1. The Labute approximate surface area is 200 Å². The molecule has 0 bridgehead atoms. The van der Waals surface area contributed by atoms with Crippen LogP contribution in [0.5, 0.6) is 0 Å². The number of allylic oxidation sites excluding steroid dienone is 1. The van der Waals surface area contributed by atoms with Crippen LogP contribution in [0.25, 0.3) is 27.9 Å². The average Bonchev–Trinajstić information content (AvgIpc) is 3.48. The molecule has 172 valence electrons. The van der Waals surface area contributed by atoms with Crippen LogP contribution in [0.1, 0.15) is 57.0 Å². The largest absolute Gasteiger partial charge is 0.357 e. The number of rotatable bonds is 3. The summed E-state index contributed by atoms with van der Waals surface area (Å²) < 4.78 is 2.24. The van der Waals surface area contributed by atoms with Crippen LogP contribution in [0, 0.1) is 0 Å². The summed E-state index contributed by atoms with van der Waals surface area (Å²) in [5.74, 6) is 1.04. The molecule has 1 fully saturated rings. The topological polar surface area (TPSA) is 59.7 Å². The normalized spacial score (nSPS) is 16.1. The van der Waals surface area contributed by atoms with Crippen molar-refractivity contribution in [3.63, 3.8) is 0 Å². The predicted octanol–water partition coefficient (Wildman–Crippen LogP) is 5.62. The minimum atomic E-state index is -0.0320. The van der Waals surface area contributed by atoms with E-state index in [0.717, 1.165) is 70.1 Å². The molecule has 1 aliphatic heterocycles. The van der Waals surface area contributed by atoms with Crippen molar-refractivity contribution < 1.29 is 0 Å². The molecule has 34 heavy (non-hydrogen) atoms. The number of imidazole rings is 1. The zero-order valence-corrected chi connectivity index (χ0v) is 20.1. The van der Waals surface area contributed by atoms with E-state index in [2.05, 4.69) is 70.5 Å². The van der Waals surface area contributed by atoms with E-state index >= 15 is 0 Å². The standard InChI is InChI=1S/C28H30N6/c1-28(2,3)34-18-31-22-9-7-19(15-25(22)34)21-8-10-23-27(21)32-24(17-30-23)20-11-12-29-26(16-20)33-13-5-4-6-14-33/h7-9,11-12,15-18H,4-6,10,13-14H2,1-3H3. The highest BCUT2D eigenvalue weighted by Gasteiger charge is 2.22. The van der Waals surface area contributed by atoms with E-state index in [9.17, 15) is 0 Å². The van der Waals surface area contributed by atoms with E-state index in [1.807, 2.05) is 24.8 Å². The van der Waals surface area contributed by atoms with Gasteiger partial charge in [0, 0.05) is 42.4 Å². The Hall–Kier alpha value is -3.54. The van der Waals surface area contributed by atoms with Crippen molar-refractivity contribution in [1.82, 2.24) is 24.5 Å². The monoisotopic (exact) mass is 450 g/mol. The first-order valence-corrected chi connectivity index (χ1v) is 12.2. The maximum atomic E-state index is 5.11. The number of benzene rings is 1. The van der Waals surface area contributed by atoms with Crippen LogP contribution in [0.3, 0.4) is 0 Å². The van der Waals surface area contributed by atoms with Gasteiger partial charge in [0.1, 0.15) is 5.82 Å². The summed E-state index contributed by atoms with van der Waals surface area (Å²) >= 11 is 0. The van der Waals surface area contributed by atoms with Gasteiger partial charge in [0.05, 0.1) is 40.6 Å². The summed E-state index contributed by atoms with van der Waals surface area (Å²) in [6, 6.07) is 10.7. The Bertz CT molecular complexity index is 1400. The summed E-state index contributed by atoms with van der Waals surface area (Å²) in [7, 11) is 0. The van der Waals surface area contributed by atoms with Crippen LogP contribution in [0.4, 0.5) is 5.82 Å². The number of hydrogen-bond donors (Lipinski definition) is 0. The molecule has 0 N–H and O–H groups in total. The van der Waals surface area contributed by atoms with Gasteiger partial charge < -0.3 is 9.47 Å². The molecule has 6 heteroatoms. The Morgan fingerprint density at radius 1 is 0.882 bits per heavy atom. The summed E-state index contributed by atoms with van der Waals surface area (Å²) in [5.41, 5.74) is 8.42. The van der Waals surface area contributed by atoms with Crippen molar-refractivity contribution in [2.45, 2.75) is 52.0 Å². The van der Waals surface area contributed by atoms with Crippen molar-refractivity contribution in [1.29, 1.82) is 0 Å². The van der Waals surface area contributed by atoms with Gasteiger partial charge in [-0.3, -0.25) is 4.98 Å². The maximum Gasteiger partial charge on any atom is 0.129 e. The van der Waals surface area contributed by atoms with Gasteiger partial charge in [0.15, 0.2) is 0 Å². The lowest BCUT2D eigenvalue weighted by atomic mass is 10.0. The van der Waals surface area contributed by atoms with Gasteiger partial charge in [0.2, 0.25) is 0 Å². The molecule has 1 aromatic carbocycles. The second-order valence-corrected chi connectivity index (χ2v) is 10.3. The summed E-state index contributed by atoms with van der Waals surface area (Å²) in [5, 5.41) is 0. The lowest BCUT2D eigenvalue weighted by Crippen LogP contribution is -2.30. The summed E-state index contributed by atoms with van der Waals surface area (Å²) in [6.07, 6.45) is 12.6. The van der Waals surface area contributed by atoms with Crippen molar-refractivity contribution in [3.8, 4) is 11.3 Å². The molecule has 1 saturated heterocycles. The molecule has 0 amide bonds. The van der Waals surface area contributed by atoms with Crippen molar-refractivity contribution in [2.24, 2.45) is 0 Å². The second kappa shape index (κ2) is 8.05. The third kappa shape index (κ3) is 3.67. The Balaban J connectivity index is 1.37. The van der Waals surface area contributed by atoms with Crippen LogP contribution < -0.4 is 4.90 Å². The van der Waals surface area contributed by atoms with Crippen LogP contribution >= 0.6 is 0 Å². The SMILES string of the molecule is CC(C)(C)n1cnc2ccc(C3=CCc4ncc(-c5ccnc(N6CCCCC6)c5)nc43)cc21. The van der Waals surface area contributed by atoms with Gasteiger partial charge in [-0.1, -0.05) is 12.1 Å². The first-order valence-electron chi connectivity index (χ1n) is 12.2. The van der Waals surface area contributed by atoms with Crippen LogP contribution in [-0.4, -0.2) is 37.6 Å². The molecule has 0 atom stereocenters. The van der Waals surface area contributed by atoms with E-state index in [4.69, 9.17) is 9.97 Å². The number of hydrogen-bond acceptors (Lipinski definition) is 5. The highest BCUT2D eigenvalue weighted by atomic mass is 15.2. The van der Waals surface area contributed by atoms with Gasteiger partial charge in [-0.2, -0.15) is 0 Å². The first-order chi connectivity index (χ1) is 16.5. The molecular formula is C28H30N6. The van der Waals surface area contributed by atoms with Gasteiger partial charge in [-0.05, 0) is 69.9 Å². The lowest BCUT2D eigenvalue weighted by Gasteiger charge is -2.27. The number of aromatic nitrogens is 5. The average molecular weight is 451 g/mol. The Morgan fingerprint density at radius 3 is 2.56 bits per heavy atom. The molecule has 1 aliphatic carbocycles. The smallest absolute Gasteiger partial charge is 0.129 e. The zero-order valence-electron chi connectivity index (χ0n) is 20.1. The zero-order chi connectivity index (χ0) is 23.3. The van der Waals surface area contributed by atoms with Gasteiger partial charge >= 0.3 is 0 Å². The maximum absolute atomic E-state index is 5.11. The van der Waals surface area contributed by atoms with E-state index in [0.29, 0.717) is 0 Å². The van der Waals surface area contributed by atoms with Crippen molar-refractivity contribution in [3.05, 3.63) is 72.1 Å². The number of anilines is 1. The molecular weight excluding hydrogens is 420 g/mol. The van der Waals surface area contributed by atoms with Crippen LogP contribution in [0.15, 0.2) is 55.1 Å². The Morgan fingerprint density at radius 2 is 1.74 bits per heavy atom. The molecule has 4 aromatic rings. The quantitative estimate of drug-likeness (QED) is 0.405. The van der Waals surface area contributed by atoms with E-state index in [-0.39, 0.29) is 5.54 Å². The summed E-state index contributed by atoms with van der Waals surface area (Å²) in [6.45, 7) is 8.76. The number of nitrogens with zero attached hydrogens (tertiary/aromatic N) is 6. The van der Waals surface area contributed by atoms with Crippen molar-refractivity contribution >= 4 is 22.4 Å². The molecule has 6 nitrogen and oxygen atoms in total. The first kappa shape index (κ1) is 21.0. The predicted molar refractivity (Wildman–Crippen MR) is 137 cm³/mol. The van der Waals surface area contributed by atoms with Crippen LogP contribution in [-0.2, 0) is 12.0 Å². The van der Waals surface area contributed by atoms with Gasteiger partial charge in [-0.15, -0.1) is 0 Å². The third-order valence-electron chi connectivity index (χ3n) is 6.91.